The summed E-state index contributed by atoms with van der Waals surface area (Å²) < 4.78 is 0. The summed E-state index contributed by atoms with van der Waals surface area (Å²) in [6.07, 6.45) is 0. The number of rotatable bonds is 2. The molecule has 2 aromatic rings. The molecule has 0 saturated carbocycles. The highest BCUT2D eigenvalue weighted by molar-refractivity contribution is 7.12. The summed E-state index contributed by atoms with van der Waals surface area (Å²) in [5.41, 5.74) is 2.59. The minimum Gasteiger partial charge on any atom is -0.303 e. The first kappa shape index (κ1) is 11.2. The maximum absolute atomic E-state index is 12.1. The van der Waals surface area contributed by atoms with Gasteiger partial charge < -0.3 is 4.90 Å². The van der Waals surface area contributed by atoms with Crippen molar-refractivity contribution in [2.24, 2.45) is 0 Å². The Balaban J connectivity index is 1.91. The van der Waals surface area contributed by atoms with Gasteiger partial charge in [0.1, 0.15) is 0 Å². The third-order valence-electron chi connectivity index (χ3n) is 3.10. The SMILES string of the molecule is CC(=O)c1ccc(N2Cc3ccsc3C2=O)cc1. The quantitative estimate of drug-likeness (QED) is 0.775. The number of hydrogen-bond acceptors (Lipinski definition) is 3. The van der Waals surface area contributed by atoms with Crippen molar-refractivity contribution < 1.29 is 9.59 Å². The minimum atomic E-state index is 0.0356. The third-order valence-corrected chi connectivity index (χ3v) is 4.04. The second-order valence-electron chi connectivity index (χ2n) is 4.27. The predicted molar refractivity (Wildman–Crippen MR) is 71.3 cm³/mol. The first-order valence-corrected chi connectivity index (χ1v) is 6.54. The zero-order valence-corrected chi connectivity index (χ0v) is 10.7. The molecule has 4 heteroatoms. The smallest absolute Gasteiger partial charge is 0.269 e. The van der Waals surface area contributed by atoms with Crippen molar-refractivity contribution in [3.8, 4) is 0 Å². The van der Waals surface area contributed by atoms with Crippen molar-refractivity contribution >= 4 is 28.7 Å². The molecule has 0 aliphatic carbocycles. The first-order valence-electron chi connectivity index (χ1n) is 5.66. The Bertz CT molecular complexity index is 627. The molecule has 0 spiro atoms. The zero-order chi connectivity index (χ0) is 12.7. The fourth-order valence-corrected chi connectivity index (χ4v) is 2.96. The molecule has 0 bridgehead atoms. The Morgan fingerprint density at radius 2 is 1.94 bits per heavy atom. The van der Waals surface area contributed by atoms with Gasteiger partial charge in [0.2, 0.25) is 0 Å². The number of hydrogen-bond donors (Lipinski definition) is 0. The van der Waals surface area contributed by atoms with E-state index in [1.807, 2.05) is 23.6 Å². The summed E-state index contributed by atoms with van der Waals surface area (Å²) in [6, 6.07) is 9.16. The van der Waals surface area contributed by atoms with E-state index in [9.17, 15) is 9.59 Å². The third kappa shape index (κ3) is 1.66. The highest BCUT2D eigenvalue weighted by atomic mass is 32.1. The van der Waals surface area contributed by atoms with Crippen LogP contribution in [0.3, 0.4) is 0 Å². The summed E-state index contributed by atoms with van der Waals surface area (Å²) in [6.45, 7) is 2.16. The number of nitrogens with zero attached hydrogens (tertiary/aromatic N) is 1. The van der Waals surface area contributed by atoms with E-state index in [4.69, 9.17) is 0 Å². The number of carbonyl (C=O) groups excluding carboxylic acids is 2. The molecule has 0 fully saturated rings. The Morgan fingerprint density at radius 3 is 2.56 bits per heavy atom. The normalized spacial score (nSPS) is 13.8. The molecule has 0 atom stereocenters. The second kappa shape index (κ2) is 4.07. The van der Waals surface area contributed by atoms with Crippen LogP contribution in [0, 0.1) is 0 Å². The number of benzene rings is 1. The van der Waals surface area contributed by atoms with Crippen molar-refractivity contribution in [2.45, 2.75) is 13.5 Å². The van der Waals surface area contributed by atoms with Crippen LogP contribution in [-0.2, 0) is 6.54 Å². The van der Waals surface area contributed by atoms with Gasteiger partial charge in [-0.3, -0.25) is 9.59 Å². The number of ketones is 1. The van der Waals surface area contributed by atoms with Gasteiger partial charge in [-0.1, -0.05) is 0 Å². The number of amides is 1. The minimum absolute atomic E-state index is 0.0356. The Hall–Kier alpha value is -1.94. The highest BCUT2D eigenvalue weighted by Crippen LogP contribution is 2.31. The van der Waals surface area contributed by atoms with Crippen LogP contribution in [0.4, 0.5) is 5.69 Å². The van der Waals surface area contributed by atoms with E-state index < -0.39 is 0 Å². The van der Waals surface area contributed by atoms with Gasteiger partial charge in [0.25, 0.3) is 5.91 Å². The lowest BCUT2D eigenvalue weighted by molar-refractivity contribution is 0.0997. The molecule has 1 aromatic carbocycles. The standard InChI is InChI=1S/C14H11NO2S/c1-9(16)10-2-4-12(5-3-10)15-8-11-6-7-18-13(11)14(15)17/h2-7H,8H2,1H3. The van der Waals surface area contributed by atoms with Crippen molar-refractivity contribution in [2.75, 3.05) is 4.90 Å². The number of fused-ring (bicyclic) bond motifs is 1. The van der Waals surface area contributed by atoms with Crippen LogP contribution in [-0.4, -0.2) is 11.7 Å². The van der Waals surface area contributed by atoms with Crippen molar-refractivity contribution in [3.05, 3.63) is 51.7 Å². The van der Waals surface area contributed by atoms with Crippen molar-refractivity contribution in [1.82, 2.24) is 0 Å². The van der Waals surface area contributed by atoms with Crippen molar-refractivity contribution in [1.29, 1.82) is 0 Å². The largest absolute Gasteiger partial charge is 0.303 e. The van der Waals surface area contributed by atoms with Gasteiger partial charge >= 0.3 is 0 Å². The number of carbonyl (C=O) groups is 2. The van der Waals surface area contributed by atoms with Gasteiger partial charge in [0, 0.05) is 11.3 Å². The average molecular weight is 257 g/mol. The van der Waals surface area contributed by atoms with Crippen LogP contribution in [0.15, 0.2) is 35.7 Å². The number of anilines is 1. The fourth-order valence-electron chi connectivity index (χ4n) is 2.10. The van der Waals surface area contributed by atoms with E-state index in [1.165, 1.54) is 18.3 Å². The molecule has 1 aliphatic rings. The Labute approximate surface area is 109 Å². The van der Waals surface area contributed by atoms with Gasteiger partial charge in [-0.25, -0.2) is 0 Å². The van der Waals surface area contributed by atoms with E-state index in [0.717, 1.165) is 16.1 Å². The van der Waals surface area contributed by atoms with Gasteiger partial charge in [-0.2, -0.15) is 0 Å². The summed E-state index contributed by atoms with van der Waals surface area (Å²) >= 11 is 1.48. The first-order chi connectivity index (χ1) is 8.66. The molecule has 2 heterocycles. The molecule has 1 aliphatic heterocycles. The summed E-state index contributed by atoms with van der Waals surface area (Å²) in [4.78, 5) is 25.9. The fraction of sp³-hybridized carbons (Fsp3) is 0.143. The predicted octanol–water partition coefficient (Wildman–Crippen LogP) is 3.11. The van der Waals surface area contributed by atoms with Crippen LogP contribution < -0.4 is 4.90 Å². The van der Waals surface area contributed by atoms with E-state index in [-0.39, 0.29) is 11.7 Å². The van der Waals surface area contributed by atoms with E-state index in [1.54, 1.807) is 17.0 Å². The second-order valence-corrected chi connectivity index (χ2v) is 5.19. The zero-order valence-electron chi connectivity index (χ0n) is 9.84. The van der Waals surface area contributed by atoms with Crippen LogP contribution in [0.2, 0.25) is 0 Å². The Morgan fingerprint density at radius 1 is 1.22 bits per heavy atom. The molecular formula is C14H11NO2S. The van der Waals surface area contributed by atoms with Crippen LogP contribution in [0.25, 0.3) is 0 Å². The van der Waals surface area contributed by atoms with Crippen LogP contribution >= 0.6 is 11.3 Å². The molecule has 0 radical (unpaired) electrons. The molecule has 1 aromatic heterocycles. The molecule has 0 N–H and O–H groups in total. The lowest BCUT2D eigenvalue weighted by Gasteiger charge is -2.15. The van der Waals surface area contributed by atoms with Gasteiger partial charge in [-0.05, 0) is 48.2 Å². The maximum atomic E-state index is 12.1. The monoisotopic (exact) mass is 257 g/mol. The molecule has 90 valence electrons. The lowest BCUT2D eigenvalue weighted by atomic mass is 10.1. The van der Waals surface area contributed by atoms with E-state index >= 15 is 0 Å². The number of thiophene rings is 1. The average Bonchev–Trinajstić information content (AvgIpc) is 2.93. The Kier molecular flexibility index (Phi) is 2.52. The van der Waals surface area contributed by atoms with Crippen LogP contribution in [0.1, 0.15) is 32.5 Å². The topological polar surface area (TPSA) is 37.4 Å². The molecule has 3 rings (SSSR count). The maximum Gasteiger partial charge on any atom is 0.269 e. The molecule has 3 nitrogen and oxygen atoms in total. The van der Waals surface area contributed by atoms with E-state index in [0.29, 0.717) is 12.1 Å². The molecule has 18 heavy (non-hydrogen) atoms. The lowest BCUT2D eigenvalue weighted by Crippen LogP contribution is -2.22. The summed E-state index contributed by atoms with van der Waals surface area (Å²) in [7, 11) is 0. The molecule has 0 saturated heterocycles. The molecule has 1 amide bonds. The summed E-state index contributed by atoms with van der Waals surface area (Å²) in [5, 5.41) is 1.94. The molecular weight excluding hydrogens is 246 g/mol. The van der Waals surface area contributed by atoms with E-state index in [2.05, 4.69) is 0 Å². The number of Topliss-reactive ketones (excluding diaryl/α,β-unsaturated/α-hetero) is 1. The van der Waals surface area contributed by atoms with Gasteiger partial charge in [-0.15, -0.1) is 11.3 Å². The van der Waals surface area contributed by atoms with Gasteiger partial charge in [0.05, 0.1) is 11.4 Å². The van der Waals surface area contributed by atoms with Crippen molar-refractivity contribution in [3.63, 3.8) is 0 Å². The highest BCUT2D eigenvalue weighted by Gasteiger charge is 2.29. The molecule has 0 unspecified atom stereocenters. The summed E-state index contributed by atoms with van der Waals surface area (Å²) in [5.74, 6) is 0.0870. The van der Waals surface area contributed by atoms with Gasteiger partial charge in [0.15, 0.2) is 5.78 Å². The van der Waals surface area contributed by atoms with Crippen LogP contribution in [0.5, 0.6) is 0 Å².